The summed E-state index contributed by atoms with van der Waals surface area (Å²) in [5, 5.41) is 0. The molecule has 0 radical (unpaired) electrons. The number of aromatic nitrogens is 1. The predicted octanol–water partition coefficient (Wildman–Crippen LogP) is 1.96. The molecule has 5 heteroatoms. The molecule has 1 saturated heterocycles. The normalized spacial score (nSPS) is 18.3. The van der Waals surface area contributed by atoms with Crippen molar-refractivity contribution in [2.24, 2.45) is 0 Å². The number of piperidine rings is 1. The number of likely N-dealkylation sites (tertiary alicyclic amines) is 1. The van der Waals surface area contributed by atoms with E-state index >= 15 is 0 Å². The number of aryl methyl sites for hydroxylation is 1. The Labute approximate surface area is 125 Å². The van der Waals surface area contributed by atoms with Crippen LogP contribution in [0.25, 0.3) is 0 Å². The van der Waals surface area contributed by atoms with Gasteiger partial charge in [-0.3, -0.25) is 9.78 Å². The maximum absolute atomic E-state index is 12.4. The Morgan fingerprint density at radius 3 is 2.95 bits per heavy atom. The quantitative estimate of drug-likeness (QED) is 0.778. The molecule has 5 nitrogen and oxygen atoms in total. The summed E-state index contributed by atoms with van der Waals surface area (Å²) in [7, 11) is 0. The molecule has 0 spiro atoms. The van der Waals surface area contributed by atoms with Gasteiger partial charge in [0.25, 0.3) is 0 Å². The highest BCUT2D eigenvalue weighted by Gasteiger charge is 2.32. The van der Waals surface area contributed by atoms with Gasteiger partial charge in [-0.05, 0) is 44.7 Å². The van der Waals surface area contributed by atoms with Crippen molar-refractivity contribution in [3.63, 3.8) is 0 Å². The Hall–Kier alpha value is -1.91. The summed E-state index contributed by atoms with van der Waals surface area (Å²) >= 11 is 0. The number of carbonyl (C=O) groups excluding carboxylic acids is 2. The van der Waals surface area contributed by atoms with E-state index in [1.54, 1.807) is 18.0 Å². The van der Waals surface area contributed by atoms with E-state index in [1.165, 1.54) is 0 Å². The Morgan fingerprint density at radius 2 is 2.24 bits per heavy atom. The highest BCUT2D eigenvalue weighted by Crippen LogP contribution is 2.19. The number of amides is 1. The number of nitrogens with zero attached hydrogens (tertiary/aromatic N) is 2. The number of pyridine rings is 1. The SMILES string of the molecule is CCOC(=O)C1CCCCN1C(=O)CCc1ccccn1. The predicted molar refractivity (Wildman–Crippen MR) is 78.5 cm³/mol. The average Bonchev–Trinajstić information content (AvgIpc) is 2.54. The summed E-state index contributed by atoms with van der Waals surface area (Å²) in [5.74, 6) is -0.262. The first kappa shape index (κ1) is 15.5. The van der Waals surface area contributed by atoms with Gasteiger partial charge in [0.15, 0.2) is 0 Å². The third-order valence-corrected chi connectivity index (χ3v) is 3.70. The second kappa shape index (κ2) is 7.76. The van der Waals surface area contributed by atoms with Crippen molar-refractivity contribution in [1.29, 1.82) is 0 Å². The van der Waals surface area contributed by atoms with Crippen LogP contribution >= 0.6 is 0 Å². The maximum atomic E-state index is 12.4. The first-order valence-corrected chi connectivity index (χ1v) is 7.58. The van der Waals surface area contributed by atoms with E-state index < -0.39 is 6.04 Å². The summed E-state index contributed by atoms with van der Waals surface area (Å²) in [4.78, 5) is 30.2. The Balaban J connectivity index is 1.93. The average molecular weight is 290 g/mol. The highest BCUT2D eigenvalue weighted by atomic mass is 16.5. The van der Waals surface area contributed by atoms with Gasteiger partial charge in [0, 0.05) is 24.9 Å². The fraction of sp³-hybridized carbons (Fsp3) is 0.562. The highest BCUT2D eigenvalue weighted by molar-refractivity contribution is 5.84. The molecule has 1 atom stereocenters. The minimum absolute atomic E-state index is 0.0124. The molecule has 0 bridgehead atoms. The minimum atomic E-state index is -0.407. The summed E-state index contributed by atoms with van der Waals surface area (Å²) in [6, 6.07) is 5.27. The fourth-order valence-electron chi connectivity index (χ4n) is 2.64. The Kier molecular flexibility index (Phi) is 5.72. The zero-order valence-corrected chi connectivity index (χ0v) is 12.5. The molecule has 2 heterocycles. The van der Waals surface area contributed by atoms with Gasteiger partial charge >= 0.3 is 5.97 Å². The van der Waals surface area contributed by atoms with Gasteiger partial charge in [-0.25, -0.2) is 4.79 Å². The molecule has 1 amide bonds. The van der Waals surface area contributed by atoms with E-state index in [2.05, 4.69) is 4.98 Å². The van der Waals surface area contributed by atoms with Crippen LogP contribution in [-0.4, -0.2) is 41.0 Å². The molecule has 0 saturated carbocycles. The number of hydrogen-bond acceptors (Lipinski definition) is 4. The van der Waals surface area contributed by atoms with Gasteiger partial charge in [-0.15, -0.1) is 0 Å². The number of hydrogen-bond donors (Lipinski definition) is 0. The summed E-state index contributed by atoms with van der Waals surface area (Å²) in [6.07, 6.45) is 5.33. The smallest absolute Gasteiger partial charge is 0.328 e. The fourth-order valence-corrected chi connectivity index (χ4v) is 2.64. The summed E-state index contributed by atoms with van der Waals surface area (Å²) in [6.45, 7) is 2.78. The third-order valence-electron chi connectivity index (χ3n) is 3.70. The summed E-state index contributed by atoms with van der Waals surface area (Å²) in [5.41, 5.74) is 0.899. The topological polar surface area (TPSA) is 59.5 Å². The lowest BCUT2D eigenvalue weighted by Gasteiger charge is -2.34. The standard InChI is InChI=1S/C16H22N2O3/c1-2-21-16(20)14-8-4-6-12-18(14)15(19)10-9-13-7-3-5-11-17-13/h3,5,7,11,14H,2,4,6,8-10,12H2,1H3. The number of esters is 1. The van der Waals surface area contributed by atoms with Crippen LogP contribution in [0.15, 0.2) is 24.4 Å². The third kappa shape index (κ3) is 4.28. The number of carbonyl (C=O) groups is 2. The molecule has 1 aromatic heterocycles. The summed E-state index contributed by atoms with van der Waals surface area (Å²) < 4.78 is 5.08. The van der Waals surface area contributed by atoms with E-state index in [1.807, 2.05) is 18.2 Å². The molecular weight excluding hydrogens is 268 g/mol. The monoisotopic (exact) mass is 290 g/mol. The molecule has 2 rings (SSSR count). The van der Waals surface area contributed by atoms with Crippen molar-refractivity contribution in [2.45, 2.75) is 45.1 Å². The zero-order valence-electron chi connectivity index (χ0n) is 12.5. The minimum Gasteiger partial charge on any atom is -0.464 e. The molecule has 0 aliphatic carbocycles. The van der Waals surface area contributed by atoms with Crippen LogP contribution in [0.2, 0.25) is 0 Å². The lowest BCUT2D eigenvalue weighted by atomic mass is 10.0. The largest absolute Gasteiger partial charge is 0.464 e. The second-order valence-corrected chi connectivity index (χ2v) is 5.17. The Morgan fingerprint density at radius 1 is 1.38 bits per heavy atom. The van der Waals surface area contributed by atoms with Crippen LogP contribution in [0.1, 0.15) is 38.3 Å². The lowest BCUT2D eigenvalue weighted by Crippen LogP contribution is -2.48. The van der Waals surface area contributed by atoms with Crippen molar-refractivity contribution >= 4 is 11.9 Å². The molecule has 1 aliphatic heterocycles. The first-order chi connectivity index (χ1) is 10.2. The number of ether oxygens (including phenoxy) is 1. The molecule has 1 fully saturated rings. The molecule has 1 aromatic rings. The van der Waals surface area contributed by atoms with Gasteiger partial charge in [-0.1, -0.05) is 6.07 Å². The van der Waals surface area contributed by atoms with E-state index in [0.717, 1.165) is 18.5 Å². The lowest BCUT2D eigenvalue weighted by molar-refractivity contribution is -0.156. The maximum Gasteiger partial charge on any atom is 0.328 e. The van der Waals surface area contributed by atoms with Gasteiger partial charge in [0.2, 0.25) is 5.91 Å². The van der Waals surface area contributed by atoms with Crippen LogP contribution in [-0.2, 0) is 20.7 Å². The molecule has 21 heavy (non-hydrogen) atoms. The van der Waals surface area contributed by atoms with E-state index in [-0.39, 0.29) is 11.9 Å². The molecule has 0 N–H and O–H groups in total. The van der Waals surface area contributed by atoms with Gasteiger partial charge in [0.05, 0.1) is 6.61 Å². The van der Waals surface area contributed by atoms with Crippen molar-refractivity contribution in [3.05, 3.63) is 30.1 Å². The molecule has 0 aromatic carbocycles. The van der Waals surface area contributed by atoms with Crippen LogP contribution in [0, 0.1) is 0 Å². The second-order valence-electron chi connectivity index (χ2n) is 5.17. The van der Waals surface area contributed by atoms with Gasteiger partial charge < -0.3 is 9.64 Å². The van der Waals surface area contributed by atoms with Crippen LogP contribution in [0.4, 0.5) is 0 Å². The van der Waals surface area contributed by atoms with Crippen LogP contribution < -0.4 is 0 Å². The van der Waals surface area contributed by atoms with Crippen molar-refractivity contribution < 1.29 is 14.3 Å². The molecule has 1 aliphatic rings. The number of rotatable bonds is 5. The zero-order chi connectivity index (χ0) is 15.1. The molecular formula is C16H22N2O3. The van der Waals surface area contributed by atoms with E-state index in [4.69, 9.17) is 4.74 Å². The van der Waals surface area contributed by atoms with Gasteiger partial charge in [0.1, 0.15) is 6.04 Å². The Bertz CT molecular complexity index is 476. The van der Waals surface area contributed by atoms with Gasteiger partial charge in [-0.2, -0.15) is 0 Å². The first-order valence-electron chi connectivity index (χ1n) is 7.58. The molecule has 1 unspecified atom stereocenters. The van der Waals surface area contributed by atoms with Crippen LogP contribution in [0.3, 0.4) is 0 Å². The molecule has 114 valence electrons. The van der Waals surface area contributed by atoms with Crippen molar-refractivity contribution in [1.82, 2.24) is 9.88 Å². The van der Waals surface area contributed by atoms with Crippen LogP contribution in [0.5, 0.6) is 0 Å². The van der Waals surface area contributed by atoms with Crippen molar-refractivity contribution in [2.75, 3.05) is 13.2 Å². The van der Waals surface area contributed by atoms with E-state index in [0.29, 0.717) is 32.4 Å². The van der Waals surface area contributed by atoms with E-state index in [9.17, 15) is 9.59 Å². The van der Waals surface area contributed by atoms with Crippen molar-refractivity contribution in [3.8, 4) is 0 Å².